The van der Waals surface area contributed by atoms with Crippen LogP contribution in [0.25, 0.3) is 0 Å². The van der Waals surface area contributed by atoms with E-state index >= 15 is 0 Å². The Labute approximate surface area is 139 Å². The lowest BCUT2D eigenvalue weighted by molar-refractivity contribution is -0.119. The zero-order valence-electron chi connectivity index (χ0n) is 13.2. The predicted octanol–water partition coefficient (Wildman–Crippen LogP) is 1.42. The lowest BCUT2D eigenvalue weighted by atomic mass is 10.2. The highest BCUT2D eigenvalue weighted by Gasteiger charge is 2.12. The minimum Gasteiger partial charge on any atom is -0.493 e. The van der Waals surface area contributed by atoms with Gasteiger partial charge in [0.15, 0.2) is 18.1 Å². The highest BCUT2D eigenvalue weighted by molar-refractivity contribution is 5.94. The van der Waals surface area contributed by atoms with Gasteiger partial charge in [-0.05, 0) is 23.8 Å². The van der Waals surface area contributed by atoms with Crippen molar-refractivity contribution in [3.63, 3.8) is 0 Å². The first-order valence-electron chi connectivity index (χ1n) is 7.15. The number of nitrogens with two attached hydrogens (primary N) is 1. The van der Waals surface area contributed by atoms with E-state index in [-0.39, 0.29) is 13.2 Å². The maximum atomic E-state index is 12.1. The fourth-order valence-corrected chi connectivity index (χ4v) is 1.90. The molecule has 0 bridgehead atoms. The van der Waals surface area contributed by atoms with Gasteiger partial charge in [-0.25, -0.2) is 5.48 Å². The van der Waals surface area contributed by atoms with Crippen molar-refractivity contribution in [2.75, 3.05) is 13.7 Å². The van der Waals surface area contributed by atoms with Crippen molar-refractivity contribution < 1.29 is 23.9 Å². The number of nitrogens with one attached hydrogen (secondary N) is 1. The number of ether oxygens (including phenoxy) is 2. The summed E-state index contributed by atoms with van der Waals surface area (Å²) in [6, 6.07) is 14.0. The fourth-order valence-electron chi connectivity index (χ4n) is 1.90. The summed E-state index contributed by atoms with van der Waals surface area (Å²) >= 11 is 0. The van der Waals surface area contributed by atoms with E-state index in [2.05, 4.69) is 5.48 Å². The quantitative estimate of drug-likeness (QED) is 0.713. The van der Waals surface area contributed by atoms with Gasteiger partial charge in [0.25, 0.3) is 11.8 Å². The highest BCUT2D eigenvalue weighted by Crippen LogP contribution is 2.28. The topological polar surface area (TPSA) is 99.9 Å². The third-order valence-corrected chi connectivity index (χ3v) is 3.04. The lowest BCUT2D eigenvalue weighted by Crippen LogP contribution is -2.23. The zero-order chi connectivity index (χ0) is 17.4. The second kappa shape index (κ2) is 8.54. The van der Waals surface area contributed by atoms with Crippen molar-refractivity contribution in [2.24, 2.45) is 5.73 Å². The number of benzene rings is 2. The highest BCUT2D eigenvalue weighted by atomic mass is 16.6. The number of hydrogen-bond donors (Lipinski definition) is 2. The van der Waals surface area contributed by atoms with Crippen molar-refractivity contribution in [3.05, 3.63) is 59.7 Å². The summed E-state index contributed by atoms with van der Waals surface area (Å²) in [7, 11) is 1.43. The van der Waals surface area contributed by atoms with Crippen LogP contribution < -0.4 is 20.7 Å². The van der Waals surface area contributed by atoms with Crippen LogP contribution in [0.1, 0.15) is 15.9 Å². The summed E-state index contributed by atoms with van der Waals surface area (Å²) in [5.74, 6) is -0.399. The van der Waals surface area contributed by atoms with E-state index in [4.69, 9.17) is 20.0 Å². The molecular formula is C17H18N2O5. The Morgan fingerprint density at radius 1 is 1.08 bits per heavy atom. The normalized spacial score (nSPS) is 10.0. The van der Waals surface area contributed by atoms with Crippen LogP contribution in [0, 0.1) is 0 Å². The summed E-state index contributed by atoms with van der Waals surface area (Å²) < 4.78 is 10.3. The Kier molecular flexibility index (Phi) is 6.16. The first-order valence-corrected chi connectivity index (χ1v) is 7.15. The van der Waals surface area contributed by atoms with E-state index in [0.717, 1.165) is 5.56 Å². The molecule has 0 aliphatic carbocycles. The Bertz CT molecular complexity index is 703. The molecule has 0 aromatic heterocycles. The third-order valence-electron chi connectivity index (χ3n) is 3.04. The molecule has 0 spiro atoms. The van der Waals surface area contributed by atoms with Crippen LogP contribution in [-0.2, 0) is 16.2 Å². The number of carbonyl (C=O) groups excluding carboxylic acids is 2. The van der Waals surface area contributed by atoms with Crippen LogP contribution >= 0.6 is 0 Å². The van der Waals surface area contributed by atoms with Gasteiger partial charge >= 0.3 is 0 Å². The van der Waals surface area contributed by atoms with Crippen LogP contribution in [0.4, 0.5) is 0 Å². The minimum absolute atomic E-state index is 0.253. The SMILES string of the molecule is COc1cc(C(=O)NOCc2ccccc2)ccc1OCC(N)=O. The number of hydrogen-bond acceptors (Lipinski definition) is 5. The van der Waals surface area contributed by atoms with Gasteiger partial charge in [0.1, 0.15) is 0 Å². The average Bonchev–Trinajstić information content (AvgIpc) is 2.60. The molecule has 3 N–H and O–H groups in total. The van der Waals surface area contributed by atoms with E-state index in [9.17, 15) is 9.59 Å². The van der Waals surface area contributed by atoms with E-state index < -0.39 is 11.8 Å². The molecule has 7 heteroatoms. The number of amides is 2. The zero-order valence-corrected chi connectivity index (χ0v) is 13.2. The summed E-state index contributed by atoms with van der Waals surface area (Å²) in [5.41, 5.74) is 8.65. The second-order valence-electron chi connectivity index (χ2n) is 4.83. The Balaban J connectivity index is 1.95. The summed E-state index contributed by atoms with van der Waals surface area (Å²) in [4.78, 5) is 28.0. The Hall–Kier alpha value is -3.06. The van der Waals surface area contributed by atoms with Crippen LogP contribution in [0.3, 0.4) is 0 Å². The molecule has 0 unspecified atom stereocenters. The van der Waals surface area contributed by atoms with Gasteiger partial charge in [0, 0.05) is 5.56 Å². The van der Waals surface area contributed by atoms with Crippen molar-refractivity contribution >= 4 is 11.8 Å². The van der Waals surface area contributed by atoms with Crippen LogP contribution in [0.2, 0.25) is 0 Å². The number of primary amides is 1. The van der Waals surface area contributed by atoms with Crippen LogP contribution in [-0.4, -0.2) is 25.5 Å². The number of methoxy groups -OCH3 is 1. The molecule has 0 aliphatic rings. The first kappa shape index (κ1) is 17.3. The van der Waals surface area contributed by atoms with Gasteiger partial charge in [-0.3, -0.25) is 14.4 Å². The molecule has 0 saturated carbocycles. The van der Waals surface area contributed by atoms with Gasteiger partial charge in [-0.1, -0.05) is 30.3 Å². The molecule has 2 aromatic rings. The molecule has 126 valence electrons. The van der Waals surface area contributed by atoms with Gasteiger partial charge in [-0.15, -0.1) is 0 Å². The number of rotatable bonds is 8. The van der Waals surface area contributed by atoms with Gasteiger partial charge in [0.2, 0.25) is 0 Å². The maximum Gasteiger partial charge on any atom is 0.274 e. The van der Waals surface area contributed by atoms with Crippen molar-refractivity contribution in [2.45, 2.75) is 6.61 Å². The molecule has 0 heterocycles. The lowest BCUT2D eigenvalue weighted by Gasteiger charge is -2.11. The monoisotopic (exact) mass is 330 g/mol. The van der Waals surface area contributed by atoms with Crippen molar-refractivity contribution in [1.82, 2.24) is 5.48 Å². The average molecular weight is 330 g/mol. The Morgan fingerprint density at radius 3 is 2.50 bits per heavy atom. The molecule has 2 aromatic carbocycles. The second-order valence-corrected chi connectivity index (χ2v) is 4.83. The van der Waals surface area contributed by atoms with Crippen LogP contribution in [0.15, 0.2) is 48.5 Å². The van der Waals surface area contributed by atoms with Crippen molar-refractivity contribution in [3.8, 4) is 11.5 Å². The third kappa shape index (κ3) is 4.99. The summed E-state index contributed by atoms with van der Waals surface area (Å²) in [6.07, 6.45) is 0. The largest absolute Gasteiger partial charge is 0.493 e. The molecule has 0 saturated heterocycles. The predicted molar refractivity (Wildman–Crippen MR) is 86.4 cm³/mol. The molecule has 7 nitrogen and oxygen atoms in total. The van der Waals surface area contributed by atoms with Crippen LogP contribution in [0.5, 0.6) is 11.5 Å². The number of carbonyl (C=O) groups is 2. The molecule has 0 fully saturated rings. The maximum absolute atomic E-state index is 12.1. The van der Waals surface area contributed by atoms with E-state index in [1.165, 1.54) is 25.3 Å². The molecule has 0 radical (unpaired) electrons. The van der Waals surface area contributed by atoms with E-state index in [1.54, 1.807) is 0 Å². The van der Waals surface area contributed by atoms with Crippen molar-refractivity contribution in [1.29, 1.82) is 0 Å². The smallest absolute Gasteiger partial charge is 0.274 e. The molecule has 2 amide bonds. The van der Waals surface area contributed by atoms with Gasteiger partial charge in [-0.2, -0.15) is 0 Å². The minimum atomic E-state index is -0.604. The van der Waals surface area contributed by atoms with Gasteiger partial charge < -0.3 is 15.2 Å². The molecular weight excluding hydrogens is 312 g/mol. The summed E-state index contributed by atoms with van der Waals surface area (Å²) in [5, 5.41) is 0. The first-order chi connectivity index (χ1) is 11.6. The van der Waals surface area contributed by atoms with Gasteiger partial charge in [0.05, 0.1) is 13.7 Å². The molecule has 24 heavy (non-hydrogen) atoms. The summed E-state index contributed by atoms with van der Waals surface area (Å²) in [6.45, 7) is -0.0222. The van der Waals surface area contributed by atoms with E-state index in [1.807, 2.05) is 30.3 Å². The standard InChI is InChI=1S/C17H18N2O5/c1-22-15-9-13(7-8-14(15)23-11-16(18)20)17(21)19-24-10-12-5-3-2-4-6-12/h2-9H,10-11H2,1H3,(H2,18,20)(H,19,21). The Morgan fingerprint density at radius 2 is 1.83 bits per heavy atom. The molecule has 2 rings (SSSR count). The molecule has 0 aliphatic heterocycles. The van der Waals surface area contributed by atoms with E-state index in [0.29, 0.717) is 17.1 Å². The number of hydroxylamine groups is 1. The fraction of sp³-hybridized carbons (Fsp3) is 0.176. The molecule has 0 atom stereocenters.